The number of nitriles is 1. The smallest absolute Gasteiger partial charge is 0.137 e. The molecule has 2 aromatic carbocycles. The summed E-state index contributed by atoms with van der Waals surface area (Å²) in [6, 6.07) is 10.5. The molecule has 0 aliphatic carbocycles. The van der Waals surface area contributed by atoms with Crippen molar-refractivity contribution >= 4 is 0 Å². The first-order chi connectivity index (χ1) is 11.6. The quantitative estimate of drug-likeness (QED) is 0.904. The third-order valence-electron chi connectivity index (χ3n) is 4.36. The number of methoxy groups -OCH3 is 1. The van der Waals surface area contributed by atoms with Crippen LogP contribution in [0.1, 0.15) is 11.5 Å². The minimum Gasteiger partial charge on any atom is -0.497 e. The number of hydrogen-bond acceptors (Lipinski definition) is 4. The molecule has 1 fully saturated rings. The first kappa shape index (κ1) is 16.4. The van der Waals surface area contributed by atoms with Crippen LogP contribution in [0, 0.1) is 23.0 Å². The van der Waals surface area contributed by atoms with Crippen LogP contribution in [0.25, 0.3) is 11.1 Å². The summed E-state index contributed by atoms with van der Waals surface area (Å²) in [5.74, 6) is -1.42. The molecule has 0 saturated carbocycles. The molecular formula is C18H16F2N2O2. The molecule has 0 aromatic heterocycles. The average Bonchev–Trinajstić information content (AvgIpc) is 2.55. The van der Waals surface area contributed by atoms with Gasteiger partial charge in [0.1, 0.15) is 23.4 Å². The van der Waals surface area contributed by atoms with Crippen molar-refractivity contribution in [1.29, 1.82) is 5.26 Å². The third-order valence-corrected chi connectivity index (χ3v) is 4.36. The molecule has 0 radical (unpaired) electrons. The first-order valence-corrected chi connectivity index (χ1v) is 7.49. The monoisotopic (exact) mass is 330 g/mol. The van der Waals surface area contributed by atoms with Gasteiger partial charge in [0.05, 0.1) is 25.3 Å². The largest absolute Gasteiger partial charge is 0.497 e. The van der Waals surface area contributed by atoms with Gasteiger partial charge in [0.15, 0.2) is 0 Å². The van der Waals surface area contributed by atoms with Crippen LogP contribution in [0.3, 0.4) is 0 Å². The standard InChI is InChI=1S/C18H16F2N2O2/c1-24-12-6-13(19)17(14(20)7-12)10-2-4-11(5-3-10)18-15(8-21)22-16(18)9-23/h2-7,15-16,18,22-23H,9H2,1H3/t15-,16-,18-/m0/s1. The minimum atomic E-state index is -0.701. The number of nitrogens with zero attached hydrogens (tertiary/aromatic N) is 1. The Kier molecular flexibility index (Phi) is 4.47. The summed E-state index contributed by atoms with van der Waals surface area (Å²) >= 11 is 0. The molecule has 4 nitrogen and oxygen atoms in total. The van der Waals surface area contributed by atoms with Gasteiger partial charge in [0.25, 0.3) is 0 Å². The molecule has 2 aromatic rings. The molecule has 3 rings (SSSR count). The highest BCUT2D eigenvalue weighted by atomic mass is 19.1. The van der Waals surface area contributed by atoms with Crippen LogP contribution in [-0.4, -0.2) is 30.9 Å². The maximum atomic E-state index is 14.1. The van der Waals surface area contributed by atoms with E-state index in [4.69, 9.17) is 10.00 Å². The molecule has 0 amide bonds. The van der Waals surface area contributed by atoms with Crippen LogP contribution in [0.15, 0.2) is 36.4 Å². The number of rotatable bonds is 4. The molecule has 124 valence electrons. The van der Waals surface area contributed by atoms with Gasteiger partial charge in [-0.3, -0.25) is 5.32 Å². The molecule has 2 N–H and O–H groups in total. The Bertz CT molecular complexity index is 764. The van der Waals surface area contributed by atoms with Gasteiger partial charge in [0, 0.05) is 24.1 Å². The van der Waals surface area contributed by atoms with Gasteiger partial charge in [-0.15, -0.1) is 0 Å². The van der Waals surface area contributed by atoms with Gasteiger partial charge in [-0.25, -0.2) is 8.78 Å². The zero-order valence-corrected chi connectivity index (χ0v) is 13.0. The lowest BCUT2D eigenvalue weighted by atomic mass is 9.78. The summed E-state index contributed by atoms with van der Waals surface area (Å²) in [5.41, 5.74) is 1.12. The summed E-state index contributed by atoms with van der Waals surface area (Å²) in [5, 5.41) is 21.3. The van der Waals surface area contributed by atoms with E-state index < -0.39 is 11.6 Å². The number of benzene rings is 2. The van der Waals surface area contributed by atoms with E-state index in [2.05, 4.69) is 11.4 Å². The zero-order valence-electron chi connectivity index (χ0n) is 13.0. The Labute approximate surface area is 138 Å². The fourth-order valence-electron chi connectivity index (χ4n) is 3.08. The lowest BCUT2D eigenvalue weighted by Gasteiger charge is -2.41. The Morgan fingerprint density at radius 1 is 1.21 bits per heavy atom. The van der Waals surface area contributed by atoms with E-state index in [9.17, 15) is 13.9 Å². The van der Waals surface area contributed by atoms with Crippen LogP contribution >= 0.6 is 0 Å². The van der Waals surface area contributed by atoms with Crippen molar-refractivity contribution < 1.29 is 18.6 Å². The maximum absolute atomic E-state index is 14.1. The average molecular weight is 330 g/mol. The summed E-state index contributed by atoms with van der Waals surface area (Å²) < 4.78 is 33.1. The second-order valence-electron chi connectivity index (χ2n) is 5.68. The molecular weight excluding hydrogens is 314 g/mol. The highest BCUT2D eigenvalue weighted by Crippen LogP contribution is 2.34. The number of ether oxygens (including phenoxy) is 1. The zero-order chi connectivity index (χ0) is 17.3. The van der Waals surface area contributed by atoms with Crippen molar-refractivity contribution in [3.05, 3.63) is 53.6 Å². The number of hydrogen-bond donors (Lipinski definition) is 2. The van der Waals surface area contributed by atoms with Gasteiger partial charge in [0.2, 0.25) is 0 Å². The number of halogens is 2. The van der Waals surface area contributed by atoms with E-state index >= 15 is 0 Å². The second kappa shape index (κ2) is 6.56. The Hall–Kier alpha value is -2.49. The van der Waals surface area contributed by atoms with E-state index in [0.717, 1.165) is 17.7 Å². The van der Waals surface area contributed by atoms with E-state index in [1.807, 2.05) is 0 Å². The predicted molar refractivity (Wildman–Crippen MR) is 84.5 cm³/mol. The highest BCUT2D eigenvalue weighted by Gasteiger charge is 2.41. The second-order valence-corrected chi connectivity index (χ2v) is 5.68. The molecule has 0 unspecified atom stereocenters. The van der Waals surface area contributed by atoms with Gasteiger partial charge < -0.3 is 9.84 Å². The van der Waals surface area contributed by atoms with E-state index in [-0.39, 0.29) is 35.9 Å². The van der Waals surface area contributed by atoms with Gasteiger partial charge >= 0.3 is 0 Å². The van der Waals surface area contributed by atoms with Gasteiger partial charge in [-0.2, -0.15) is 5.26 Å². The molecule has 0 bridgehead atoms. The van der Waals surface area contributed by atoms with Crippen LogP contribution in [0.4, 0.5) is 8.78 Å². The van der Waals surface area contributed by atoms with E-state index in [0.29, 0.717) is 5.56 Å². The summed E-state index contributed by atoms with van der Waals surface area (Å²) in [6.45, 7) is -0.0770. The third kappa shape index (κ3) is 2.73. The van der Waals surface area contributed by atoms with Crippen molar-refractivity contribution in [3.63, 3.8) is 0 Å². The highest BCUT2D eigenvalue weighted by molar-refractivity contribution is 5.66. The van der Waals surface area contributed by atoms with Crippen LogP contribution < -0.4 is 10.1 Å². The molecule has 1 heterocycles. The van der Waals surface area contributed by atoms with Crippen molar-refractivity contribution in [2.75, 3.05) is 13.7 Å². The summed E-state index contributed by atoms with van der Waals surface area (Å²) in [6.07, 6.45) is 0. The molecule has 3 atom stereocenters. The van der Waals surface area contributed by atoms with Crippen molar-refractivity contribution in [1.82, 2.24) is 5.32 Å². The number of aliphatic hydroxyl groups is 1. The Balaban J connectivity index is 1.92. The first-order valence-electron chi connectivity index (χ1n) is 7.49. The van der Waals surface area contributed by atoms with Gasteiger partial charge in [-0.05, 0) is 11.1 Å². The molecule has 24 heavy (non-hydrogen) atoms. The van der Waals surface area contributed by atoms with Crippen LogP contribution in [0.2, 0.25) is 0 Å². The van der Waals surface area contributed by atoms with Crippen LogP contribution in [-0.2, 0) is 0 Å². The molecule has 1 aliphatic rings. The topological polar surface area (TPSA) is 65.3 Å². The maximum Gasteiger partial charge on any atom is 0.137 e. The fraction of sp³-hybridized carbons (Fsp3) is 0.278. The molecule has 6 heteroatoms. The van der Waals surface area contributed by atoms with Crippen molar-refractivity contribution in [2.45, 2.75) is 18.0 Å². The minimum absolute atomic E-state index is 0.0770. The lowest BCUT2D eigenvalue weighted by molar-refractivity contribution is 0.151. The number of nitrogens with one attached hydrogen (secondary N) is 1. The predicted octanol–water partition coefficient (Wildman–Crippen LogP) is 2.58. The Morgan fingerprint density at radius 3 is 2.33 bits per heavy atom. The molecule has 1 aliphatic heterocycles. The molecule has 1 saturated heterocycles. The SMILES string of the molecule is COc1cc(F)c(-c2ccc([C@H]3[C@H](C#N)N[C@H]3CO)cc2)c(F)c1. The summed E-state index contributed by atoms with van der Waals surface area (Å²) in [7, 11) is 1.35. The van der Waals surface area contributed by atoms with Crippen molar-refractivity contribution in [2.24, 2.45) is 0 Å². The number of aliphatic hydroxyl groups excluding tert-OH is 1. The van der Waals surface area contributed by atoms with Crippen LogP contribution in [0.5, 0.6) is 5.75 Å². The van der Waals surface area contributed by atoms with E-state index in [1.165, 1.54) is 7.11 Å². The summed E-state index contributed by atoms with van der Waals surface area (Å²) in [4.78, 5) is 0. The molecule has 0 spiro atoms. The van der Waals surface area contributed by atoms with Crippen molar-refractivity contribution in [3.8, 4) is 22.9 Å². The van der Waals surface area contributed by atoms with Gasteiger partial charge in [-0.1, -0.05) is 24.3 Å². The van der Waals surface area contributed by atoms with E-state index in [1.54, 1.807) is 24.3 Å². The lowest BCUT2D eigenvalue weighted by Crippen LogP contribution is -2.60. The normalized spacial score (nSPS) is 22.5. The Morgan fingerprint density at radius 2 is 1.83 bits per heavy atom. The fourth-order valence-corrected chi connectivity index (χ4v) is 3.08.